The number of unbranched alkanes of at least 4 members (excludes halogenated alkanes) is 9. The first-order valence-corrected chi connectivity index (χ1v) is 40.9. The number of benzene rings is 8. The lowest BCUT2D eigenvalue weighted by atomic mass is 9.77. The average molecular weight is 1720 g/mol. The molecule has 3 saturated heterocycles. The molecule has 0 spiro atoms. The molecule has 10 aromatic rings. The van der Waals surface area contributed by atoms with Crippen molar-refractivity contribution in [2.75, 3.05) is 33.0 Å². The molecule has 0 amide bonds. The van der Waals surface area contributed by atoms with Crippen molar-refractivity contribution in [3.8, 4) is 11.4 Å². The summed E-state index contributed by atoms with van der Waals surface area (Å²) in [6, 6.07) is 52.8. The van der Waals surface area contributed by atoms with Gasteiger partial charge < -0.3 is 42.0 Å². The molecule has 3 aliphatic rings. The van der Waals surface area contributed by atoms with Crippen LogP contribution in [0.25, 0.3) is 55.0 Å². The van der Waals surface area contributed by atoms with Crippen LogP contribution < -0.4 is 10.9 Å². The first-order valence-electron chi connectivity index (χ1n) is 36.9. The second kappa shape index (κ2) is 36.6. The van der Waals surface area contributed by atoms with Gasteiger partial charge in [0, 0.05) is 73.9 Å². The quantitative estimate of drug-likeness (QED) is 0.0395. The molecule has 0 saturated carbocycles. The monoisotopic (exact) mass is 1720 g/mol. The van der Waals surface area contributed by atoms with Gasteiger partial charge in [0.1, 0.15) is 11.6 Å². The molecular weight excluding hydrogens is 1620 g/mol. The average Bonchev–Trinajstić information content (AvgIpc) is 1.57. The third kappa shape index (κ3) is 20.4. The Balaban J connectivity index is 0.000000161. The second-order valence-corrected chi connectivity index (χ2v) is 34.4. The Labute approximate surface area is 653 Å². The summed E-state index contributed by atoms with van der Waals surface area (Å²) in [5.74, 6) is -0.963. The Hall–Kier alpha value is -4.53. The minimum absolute atomic E-state index is 0.293. The zero-order valence-electron chi connectivity index (χ0n) is 61.9. The van der Waals surface area contributed by atoms with Crippen LogP contribution in [0.3, 0.4) is 0 Å². The topological polar surface area (TPSA) is 74.5 Å². The summed E-state index contributed by atoms with van der Waals surface area (Å²) < 4.78 is 84.1. The van der Waals surface area contributed by atoms with E-state index in [1.807, 2.05) is 91.8 Å². The lowest BCUT2D eigenvalue weighted by Crippen LogP contribution is -2.45. The highest BCUT2D eigenvalue weighted by atomic mass is 79.9. The van der Waals surface area contributed by atoms with E-state index in [0.717, 1.165) is 95.1 Å². The summed E-state index contributed by atoms with van der Waals surface area (Å²) >= 11 is 17.6. The molecule has 5 heterocycles. The summed E-state index contributed by atoms with van der Waals surface area (Å²) in [5.41, 5.74) is 7.77. The van der Waals surface area contributed by atoms with E-state index < -0.39 is 48.3 Å². The van der Waals surface area contributed by atoms with E-state index >= 15 is 8.78 Å². The van der Waals surface area contributed by atoms with Crippen LogP contribution in [0.15, 0.2) is 180 Å². The first-order chi connectivity index (χ1) is 49.2. The normalized spacial score (nSPS) is 16.2. The summed E-state index contributed by atoms with van der Waals surface area (Å²) in [4.78, 5) is 0. The Morgan fingerprint density at radius 3 is 1.22 bits per heavy atom. The van der Waals surface area contributed by atoms with Gasteiger partial charge in [-0.05, 0) is 237 Å². The van der Waals surface area contributed by atoms with Gasteiger partial charge in [0.25, 0.3) is 0 Å². The van der Waals surface area contributed by atoms with Gasteiger partial charge in [-0.25, -0.2) is 8.78 Å². The van der Waals surface area contributed by atoms with Crippen LogP contribution in [-0.2, 0) is 52.3 Å². The minimum atomic E-state index is -0.767. The molecule has 103 heavy (non-hydrogen) atoms. The van der Waals surface area contributed by atoms with Crippen molar-refractivity contribution in [3.63, 3.8) is 0 Å². The van der Waals surface area contributed by atoms with Crippen LogP contribution in [0.4, 0.5) is 8.78 Å². The van der Waals surface area contributed by atoms with Crippen LogP contribution in [0.2, 0.25) is 0 Å². The fourth-order valence-electron chi connectivity index (χ4n) is 13.1. The highest BCUT2D eigenvalue weighted by Gasteiger charge is 2.53. The molecule has 0 unspecified atom stereocenters. The van der Waals surface area contributed by atoms with Gasteiger partial charge in [-0.1, -0.05) is 200 Å². The standard InChI is InChI=1S/C34H41B2F2NO4.C19H29BrO3.C18H10Br3N.C14H21Br/c1-10-11-12-21-13-15-24(16-14-21)39-29-25(17-22(19-27(29)37)35-40-31(2,3)32(4,5)41-35)26-18-23(20-28(38)30(26)39)36-42-33(6,7)34(8,9)43-36;1-2-19(15-23-16-19)14-22-12-6-4-3-5-11-21-13-17-7-9-18(20)10-8-17;19-11-1-5-14(6-2-11)22-17-7-3-12(20)9-15(17)16-10-13(21)4-8-18(16)22;1-2-3-4-5-6-7-8-13-9-11-14(15)12-10-13/h13-20H,10-12H2,1-9H3;7-10H,2-6,11-16H2,1H3;1-10H;9-12H,2-8H2,1H3. The van der Waals surface area contributed by atoms with Crippen molar-refractivity contribution in [2.24, 2.45) is 5.41 Å². The summed E-state index contributed by atoms with van der Waals surface area (Å²) in [7, 11) is -1.53. The zero-order chi connectivity index (χ0) is 73.7. The Morgan fingerprint density at radius 2 is 0.777 bits per heavy atom. The SMILES string of the molecule is Brc1ccc(-n2c3ccc(Br)cc3c3cc(Br)ccc32)cc1.CCC1(COCCCCCCOCc2ccc(Br)cc2)COC1.CCCCCCCCc1ccc(Br)cc1.CCCCc1ccc(-n2c3c(F)cc(B4OC(C)(C)C(C)(C)O4)cc3c3cc(B4OC(C)(C)C(C)(C)O4)cc(F)c32)cc1. The number of hydrogen-bond donors (Lipinski definition) is 0. The number of hydrogen-bond acceptors (Lipinski definition) is 7. The van der Waals surface area contributed by atoms with Gasteiger partial charge in [0.15, 0.2) is 0 Å². The van der Waals surface area contributed by atoms with E-state index in [4.69, 9.17) is 32.8 Å². The Morgan fingerprint density at radius 1 is 0.398 bits per heavy atom. The first kappa shape index (κ1) is 81.0. The summed E-state index contributed by atoms with van der Waals surface area (Å²) in [6.45, 7) is 27.4. The predicted molar refractivity (Wildman–Crippen MR) is 442 cm³/mol. The molecule has 2 aromatic heterocycles. The van der Waals surface area contributed by atoms with Crippen LogP contribution in [-0.4, -0.2) is 78.8 Å². The summed E-state index contributed by atoms with van der Waals surface area (Å²) in [6.07, 6.45) is 18.5. The van der Waals surface area contributed by atoms with Gasteiger partial charge >= 0.3 is 14.2 Å². The molecule has 18 heteroatoms. The molecule has 0 atom stereocenters. The zero-order valence-corrected chi connectivity index (χ0v) is 69.8. The number of aryl methyl sites for hydroxylation is 2. The van der Waals surface area contributed by atoms with E-state index in [-0.39, 0.29) is 0 Å². The van der Waals surface area contributed by atoms with E-state index in [1.54, 1.807) is 4.57 Å². The van der Waals surface area contributed by atoms with E-state index in [2.05, 4.69) is 214 Å². The third-order valence-electron chi connectivity index (χ3n) is 21.0. The van der Waals surface area contributed by atoms with Gasteiger partial charge in [0.2, 0.25) is 0 Å². The molecule has 13 rings (SSSR count). The lowest BCUT2D eigenvalue weighted by molar-refractivity contribution is -0.150. The lowest BCUT2D eigenvalue weighted by Gasteiger charge is -2.40. The minimum Gasteiger partial charge on any atom is -0.399 e. The number of halogens is 7. The molecule has 8 aromatic carbocycles. The van der Waals surface area contributed by atoms with Crippen molar-refractivity contribution < 1.29 is 41.6 Å². The molecular formula is C85H101B2Br5F2N2O7. The molecule has 0 bridgehead atoms. The number of aromatic nitrogens is 2. The maximum Gasteiger partial charge on any atom is 0.494 e. The van der Waals surface area contributed by atoms with E-state index in [9.17, 15) is 0 Å². The van der Waals surface area contributed by atoms with Crippen LogP contribution >= 0.6 is 79.6 Å². The number of ether oxygens (including phenoxy) is 3. The van der Waals surface area contributed by atoms with Gasteiger partial charge in [0.05, 0.1) is 70.9 Å². The maximum absolute atomic E-state index is 16.3. The van der Waals surface area contributed by atoms with Crippen molar-refractivity contribution in [3.05, 3.63) is 208 Å². The van der Waals surface area contributed by atoms with Gasteiger partial charge in [-0.15, -0.1) is 0 Å². The van der Waals surface area contributed by atoms with Crippen molar-refractivity contribution in [2.45, 2.75) is 201 Å². The Kier molecular flexibility index (Phi) is 28.8. The van der Waals surface area contributed by atoms with Crippen LogP contribution in [0, 0.1) is 17.0 Å². The Bertz CT molecular complexity index is 4210. The predicted octanol–water partition coefficient (Wildman–Crippen LogP) is 24.4. The van der Waals surface area contributed by atoms with Crippen molar-refractivity contribution in [1.82, 2.24) is 9.13 Å². The van der Waals surface area contributed by atoms with Crippen molar-refractivity contribution >= 4 is 148 Å². The fraction of sp³-hybridized carbons (Fsp3) is 0.435. The second-order valence-electron chi connectivity index (χ2n) is 29.9. The van der Waals surface area contributed by atoms with Crippen LogP contribution in [0.5, 0.6) is 0 Å². The van der Waals surface area contributed by atoms with E-state index in [1.165, 1.54) is 113 Å². The smallest absolute Gasteiger partial charge is 0.399 e. The molecule has 3 aliphatic heterocycles. The summed E-state index contributed by atoms with van der Waals surface area (Å²) in [5, 5.41) is 3.61. The van der Waals surface area contributed by atoms with Gasteiger partial charge in [-0.2, -0.15) is 0 Å². The molecule has 0 radical (unpaired) electrons. The fourth-order valence-corrected chi connectivity index (χ4v) is 14.6. The van der Waals surface area contributed by atoms with E-state index in [0.29, 0.717) is 50.4 Å². The van der Waals surface area contributed by atoms with Crippen molar-refractivity contribution in [1.29, 1.82) is 0 Å². The largest absolute Gasteiger partial charge is 0.494 e. The molecule has 9 nitrogen and oxygen atoms in total. The molecule has 0 N–H and O–H groups in total. The highest BCUT2D eigenvalue weighted by Crippen LogP contribution is 2.42. The van der Waals surface area contributed by atoms with Gasteiger partial charge in [-0.3, -0.25) is 0 Å². The number of fused-ring (bicyclic) bond motifs is 6. The van der Waals surface area contributed by atoms with Crippen LogP contribution in [0.1, 0.15) is 176 Å². The number of nitrogens with zero attached hydrogens (tertiary/aromatic N) is 2. The third-order valence-corrected chi connectivity index (χ3v) is 23.5. The molecule has 3 fully saturated rings. The number of rotatable bonds is 26. The molecule has 0 aliphatic carbocycles. The maximum atomic E-state index is 16.3. The highest BCUT2D eigenvalue weighted by molar-refractivity contribution is 9.11. The molecule has 548 valence electrons.